The van der Waals surface area contributed by atoms with Crippen LogP contribution in [-0.2, 0) is 23.0 Å². The lowest BCUT2D eigenvalue weighted by Gasteiger charge is -2.26. The predicted molar refractivity (Wildman–Crippen MR) is 109 cm³/mol. The van der Waals surface area contributed by atoms with Crippen molar-refractivity contribution in [2.45, 2.75) is 24.3 Å². The van der Waals surface area contributed by atoms with E-state index in [2.05, 4.69) is 20.9 Å². The fraction of sp³-hybridized carbons (Fsp3) is 0.300. The van der Waals surface area contributed by atoms with Crippen LogP contribution in [0.15, 0.2) is 45.8 Å². The third kappa shape index (κ3) is 3.00. The molecule has 0 amide bonds. The Morgan fingerprint density at radius 3 is 2.71 bits per heavy atom. The van der Waals surface area contributed by atoms with Gasteiger partial charge in [-0.2, -0.15) is 4.31 Å². The molecule has 0 saturated heterocycles. The van der Waals surface area contributed by atoms with E-state index in [0.29, 0.717) is 44.2 Å². The third-order valence-electron chi connectivity index (χ3n) is 5.26. The standard InChI is InChI=1S/C20H19BrN2O4S/c21-13-2-4-17-15(10-13)16-12-23(7-6-18(16)22-17)28(24,25)14-3-5-19-20(11-14)27-9-1-8-26-19/h2-5,10-11,22H,1,6-9,12H2. The number of nitrogens with one attached hydrogen (secondary N) is 1. The van der Waals surface area contributed by atoms with Gasteiger partial charge in [-0.15, -0.1) is 0 Å². The maximum atomic E-state index is 13.3. The Morgan fingerprint density at radius 1 is 1.04 bits per heavy atom. The van der Waals surface area contributed by atoms with E-state index < -0.39 is 10.0 Å². The summed E-state index contributed by atoms with van der Waals surface area (Å²) < 4.78 is 40.4. The van der Waals surface area contributed by atoms with Crippen LogP contribution in [0.25, 0.3) is 10.9 Å². The van der Waals surface area contributed by atoms with Gasteiger partial charge >= 0.3 is 0 Å². The summed E-state index contributed by atoms with van der Waals surface area (Å²) in [4.78, 5) is 3.66. The smallest absolute Gasteiger partial charge is 0.243 e. The van der Waals surface area contributed by atoms with E-state index in [9.17, 15) is 8.42 Å². The van der Waals surface area contributed by atoms with Gasteiger partial charge in [0, 0.05) is 53.1 Å². The number of H-pyrrole nitrogens is 1. The van der Waals surface area contributed by atoms with Crippen molar-refractivity contribution in [1.29, 1.82) is 0 Å². The Bertz CT molecular complexity index is 1170. The fourth-order valence-electron chi connectivity index (χ4n) is 3.82. The first-order valence-corrected chi connectivity index (χ1v) is 11.4. The van der Waals surface area contributed by atoms with Gasteiger partial charge in [0.25, 0.3) is 0 Å². The molecule has 0 bridgehead atoms. The molecular formula is C20H19BrN2O4S. The Balaban J connectivity index is 1.50. The van der Waals surface area contributed by atoms with Gasteiger partial charge in [-0.1, -0.05) is 15.9 Å². The Labute approximate surface area is 171 Å². The van der Waals surface area contributed by atoms with Crippen molar-refractivity contribution in [3.63, 3.8) is 0 Å². The molecule has 0 spiro atoms. The summed E-state index contributed by atoms with van der Waals surface area (Å²) in [5.41, 5.74) is 3.18. The zero-order valence-corrected chi connectivity index (χ0v) is 17.5. The lowest BCUT2D eigenvalue weighted by Crippen LogP contribution is -2.35. The summed E-state index contributed by atoms with van der Waals surface area (Å²) in [5, 5.41) is 1.06. The SMILES string of the molecule is O=S(=O)(c1ccc2c(c1)OCCCO2)N1CCc2[nH]c3ccc(Br)cc3c2C1. The van der Waals surface area contributed by atoms with E-state index in [4.69, 9.17) is 9.47 Å². The van der Waals surface area contributed by atoms with E-state index in [1.165, 1.54) is 0 Å². The van der Waals surface area contributed by atoms with Crippen molar-refractivity contribution in [3.8, 4) is 11.5 Å². The van der Waals surface area contributed by atoms with Crippen LogP contribution < -0.4 is 9.47 Å². The highest BCUT2D eigenvalue weighted by molar-refractivity contribution is 9.10. The number of aromatic nitrogens is 1. The molecule has 8 heteroatoms. The molecule has 28 heavy (non-hydrogen) atoms. The Morgan fingerprint density at radius 2 is 1.86 bits per heavy atom. The zero-order valence-electron chi connectivity index (χ0n) is 15.1. The van der Waals surface area contributed by atoms with Crippen LogP contribution >= 0.6 is 15.9 Å². The van der Waals surface area contributed by atoms with Gasteiger partial charge in [0.1, 0.15) is 0 Å². The second-order valence-electron chi connectivity index (χ2n) is 7.02. The number of ether oxygens (including phenoxy) is 2. The van der Waals surface area contributed by atoms with Crippen molar-refractivity contribution in [1.82, 2.24) is 9.29 Å². The highest BCUT2D eigenvalue weighted by atomic mass is 79.9. The van der Waals surface area contributed by atoms with Crippen molar-refractivity contribution in [3.05, 3.63) is 52.1 Å². The molecule has 2 aliphatic rings. The van der Waals surface area contributed by atoms with Gasteiger partial charge in [0.15, 0.2) is 11.5 Å². The molecule has 3 heterocycles. The first kappa shape index (κ1) is 18.0. The molecular weight excluding hydrogens is 444 g/mol. The van der Waals surface area contributed by atoms with Gasteiger partial charge < -0.3 is 14.5 Å². The summed E-state index contributed by atoms with van der Waals surface area (Å²) in [6.45, 7) is 1.89. The largest absolute Gasteiger partial charge is 0.490 e. The molecule has 2 aromatic carbocycles. The highest BCUT2D eigenvalue weighted by Gasteiger charge is 2.31. The van der Waals surface area contributed by atoms with Crippen LogP contribution in [0.5, 0.6) is 11.5 Å². The van der Waals surface area contributed by atoms with E-state index in [1.54, 1.807) is 22.5 Å². The second-order valence-corrected chi connectivity index (χ2v) is 9.87. The first-order valence-electron chi connectivity index (χ1n) is 9.21. The van der Waals surface area contributed by atoms with Crippen molar-refractivity contribution in [2.24, 2.45) is 0 Å². The second kappa shape index (κ2) is 6.79. The molecule has 2 aliphatic heterocycles. The molecule has 0 fully saturated rings. The number of sulfonamides is 1. The topological polar surface area (TPSA) is 71.6 Å². The molecule has 6 nitrogen and oxygen atoms in total. The Kier molecular flexibility index (Phi) is 4.37. The van der Waals surface area contributed by atoms with Crippen molar-refractivity contribution < 1.29 is 17.9 Å². The van der Waals surface area contributed by atoms with Crippen LogP contribution in [0.3, 0.4) is 0 Å². The predicted octanol–water partition coefficient (Wildman–Crippen LogP) is 3.84. The number of hydrogen-bond acceptors (Lipinski definition) is 4. The minimum atomic E-state index is -3.63. The average Bonchev–Trinajstić information content (AvgIpc) is 2.88. The van der Waals surface area contributed by atoms with Crippen LogP contribution in [0.2, 0.25) is 0 Å². The first-order chi connectivity index (χ1) is 13.5. The number of nitrogens with zero attached hydrogens (tertiary/aromatic N) is 1. The van der Waals surface area contributed by atoms with Gasteiger partial charge in [0.2, 0.25) is 10.0 Å². The van der Waals surface area contributed by atoms with E-state index in [0.717, 1.165) is 33.1 Å². The summed E-state index contributed by atoms with van der Waals surface area (Å²) in [6, 6.07) is 10.9. The zero-order chi connectivity index (χ0) is 19.3. The lowest BCUT2D eigenvalue weighted by molar-refractivity contribution is 0.296. The van der Waals surface area contributed by atoms with Gasteiger partial charge in [-0.05, 0) is 35.9 Å². The number of fused-ring (bicyclic) bond motifs is 4. The third-order valence-corrected chi connectivity index (χ3v) is 7.59. The van der Waals surface area contributed by atoms with Crippen molar-refractivity contribution in [2.75, 3.05) is 19.8 Å². The van der Waals surface area contributed by atoms with E-state index in [1.807, 2.05) is 18.2 Å². The maximum Gasteiger partial charge on any atom is 0.243 e. The van der Waals surface area contributed by atoms with Crippen LogP contribution in [0.4, 0.5) is 0 Å². The summed E-state index contributed by atoms with van der Waals surface area (Å²) in [7, 11) is -3.63. The fourth-order valence-corrected chi connectivity index (χ4v) is 5.61. The molecule has 0 radical (unpaired) electrons. The normalized spacial score (nSPS) is 17.3. The molecule has 0 atom stereocenters. The number of benzene rings is 2. The van der Waals surface area contributed by atoms with Gasteiger partial charge in [-0.3, -0.25) is 0 Å². The number of halogens is 1. The summed E-state index contributed by atoms with van der Waals surface area (Å²) >= 11 is 3.51. The molecule has 0 unspecified atom stereocenters. The number of aromatic amines is 1. The summed E-state index contributed by atoms with van der Waals surface area (Å²) in [5.74, 6) is 1.09. The molecule has 0 aliphatic carbocycles. The lowest BCUT2D eigenvalue weighted by atomic mass is 10.1. The van der Waals surface area contributed by atoms with E-state index in [-0.39, 0.29) is 4.90 Å². The number of hydrogen-bond donors (Lipinski definition) is 1. The van der Waals surface area contributed by atoms with Crippen LogP contribution in [-0.4, -0.2) is 37.5 Å². The summed E-state index contributed by atoms with van der Waals surface area (Å²) in [6.07, 6.45) is 1.44. The highest BCUT2D eigenvalue weighted by Crippen LogP contribution is 2.35. The number of rotatable bonds is 2. The minimum absolute atomic E-state index is 0.237. The molecule has 1 N–H and O–H groups in total. The quantitative estimate of drug-likeness (QED) is 0.627. The molecule has 3 aromatic rings. The molecule has 0 saturated carbocycles. The molecule has 1 aromatic heterocycles. The van der Waals surface area contributed by atoms with Crippen molar-refractivity contribution >= 4 is 36.9 Å². The molecule has 5 rings (SSSR count). The average molecular weight is 463 g/mol. The Hall–Kier alpha value is -2.03. The minimum Gasteiger partial charge on any atom is -0.490 e. The monoisotopic (exact) mass is 462 g/mol. The van der Waals surface area contributed by atoms with Crippen LogP contribution in [0.1, 0.15) is 17.7 Å². The van der Waals surface area contributed by atoms with Gasteiger partial charge in [0.05, 0.1) is 18.1 Å². The molecule has 146 valence electrons. The maximum absolute atomic E-state index is 13.3. The van der Waals surface area contributed by atoms with Gasteiger partial charge in [-0.25, -0.2) is 8.42 Å². The van der Waals surface area contributed by atoms with Crippen LogP contribution in [0, 0.1) is 0 Å². The van der Waals surface area contributed by atoms with E-state index >= 15 is 0 Å².